The summed E-state index contributed by atoms with van der Waals surface area (Å²) in [5.41, 5.74) is 1.37. The molecule has 0 N–H and O–H groups in total. The number of hydrogen-bond acceptors (Lipinski definition) is 1. The first-order valence-electron chi connectivity index (χ1n) is 5.49. The molecule has 1 fully saturated rings. The van der Waals surface area contributed by atoms with Crippen molar-refractivity contribution in [1.29, 1.82) is 0 Å². The van der Waals surface area contributed by atoms with Crippen LogP contribution in [0.15, 0.2) is 36.5 Å². The van der Waals surface area contributed by atoms with Crippen molar-refractivity contribution in [2.75, 3.05) is 14.1 Å². The van der Waals surface area contributed by atoms with Crippen molar-refractivity contribution in [1.82, 2.24) is 9.47 Å². The van der Waals surface area contributed by atoms with Crippen LogP contribution in [0.1, 0.15) is 12.5 Å². The van der Waals surface area contributed by atoms with Crippen LogP contribution in [0.4, 0.5) is 0 Å². The molecule has 0 saturated heterocycles. The van der Waals surface area contributed by atoms with Crippen LogP contribution in [0.2, 0.25) is 0 Å². The first-order valence-corrected chi connectivity index (χ1v) is 5.49. The summed E-state index contributed by atoms with van der Waals surface area (Å²) in [5, 5.41) is 1.35. The molecule has 1 aliphatic carbocycles. The SMILES string of the molecule is CN(C)C1CC1n1ccc2ccccc21. The Morgan fingerprint density at radius 1 is 1.20 bits per heavy atom. The van der Waals surface area contributed by atoms with Crippen molar-refractivity contribution in [3.8, 4) is 0 Å². The first-order chi connectivity index (χ1) is 7.27. The monoisotopic (exact) mass is 200 g/mol. The summed E-state index contributed by atoms with van der Waals surface area (Å²) in [7, 11) is 4.33. The Morgan fingerprint density at radius 3 is 2.73 bits per heavy atom. The second kappa shape index (κ2) is 3.11. The summed E-state index contributed by atoms with van der Waals surface area (Å²) >= 11 is 0. The van der Waals surface area contributed by atoms with E-state index in [-0.39, 0.29) is 0 Å². The normalized spacial score (nSPS) is 25.0. The predicted molar refractivity (Wildman–Crippen MR) is 63.1 cm³/mol. The molecule has 0 bridgehead atoms. The van der Waals surface area contributed by atoms with Gasteiger partial charge in [-0.25, -0.2) is 0 Å². The summed E-state index contributed by atoms with van der Waals surface area (Å²) in [4.78, 5) is 2.32. The molecule has 0 amide bonds. The van der Waals surface area contributed by atoms with Crippen molar-refractivity contribution in [2.45, 2.75) is 18.5 Å². The predicted octanol–water partition coefficient (Wildman–Crippen LogP) is 2.52. The quantitative estimate of drug-likeness (QED) is 0.723. The van der Waals surface area contributed by atoms with E-state index in [9.17, 15) is 0 Å². The number of aromatic nitrogens is 1. The summed E-state index contributed by atoms with van der Waals surface area (Å²) in [6, 6.07) is 12.2. The van der Waals surface area contributed by atoms with E-state index in [4.69, 9.17) is 0 Å². The molecule has 2 unspecified atom stereocenters. The Balaban J connectivity index is 2.00. The molecule has 2 aromatic rings. The maximum absolute atomic E-state index is 2.42. The molecule has 15 heavy (non-hydrogen) atoms. The van der Waals surface area contributed by atoms with E-state index in [0.717, 1.165) is 6.04 Å². The lowest BCUT2D eigenvalue weighted by Gasteiger charge is -2.10. The maximum atomic E-state index is 2.42. The number of fused-ring (bicyclic) bond motifs is 1. The lowest BCUT2D eigenvalue weighted by molar-refractivity contribution is 0.377. The van der Waals surface area contributed by atoms with E-state index < -0.39 is 0 Å². The highest BCUT2D eigenvalue weighted by Gasteiger charge is 2.40. The van der Waals surface area contributed by atoms with E-state index in [0.29, 0.717) is 6.04 Å². The zero-order valence-corrected chi connectivity index (χ0v) is 9.22. The Bertz CT molecular complexity index is 484. The topological polar surface area (TPSA) is 8.17 Å². The third-order valence-electron chi connectivity index (χ3n) is 3.37. The van der Waals surface area contributed by atoms with Crippen LogP contribution in [0.5, 0.6) is 0 Å². The molecule has 2 atom stereocenters. The van der Waals surface area contributed by atoms with Gasteiger partial charge in [0, 0.05) is 17.8 Å². The molecule has 0 radical (unpaired) electrons. The van der Waals surface area contributed by atoms with Crippen molar-refractivity contribution in [3.05, 3.63) is 36.5 Å². The number of benzene rings is 1. The molecule has 1 aromatic heterocycles. The first kappa shape index (κ1) is 8.98. The van der Waals surface area contributed by atoms with Gasteiger partial charge in [0.2, 0.25) is 0 Å². The van der Waals surface area contributed by atoms with Crippen molar-refractivity contribution >= 4 is 10.9 Å². The second-order valence-corrected chi connectivity index (χ2v) is 4.62. The van der Waals surface area contributed by atoms with E-state index in [2.05, 4.69) is 60.1 Å². The van der Waals surface area contributed by atoms with Gasteiger partial charge in [0.1, 0.15) is 0 Å². The van der Waals surface area contributed by atoms with Crippen molar-refractivity contribution in [2.24, 2.45) is 0 Å². The lowest BCUT2D eigenvalue weighted by atomic mass is 10.2. The van der Waals surface area contributed by atoms with Gasteiger partial charge in [0.15, 0.2) is 0 Å². The Labute approximate surface area is 90.1 Å². The van der Waals surface area contributed by atoms with Gasteiger partial charge in [0.25, 0.3) is 0 Å². The summed E-state index contributed by atoms with van der Waals surface area (Å²) in [5.74, 6) is 0. The molecule has 1 saturated carbocycles. The molecule has 0 spiro atoms. The molecule has 2 nitrogen and oxygen atoms in total. The van der Waals surface area contributed by atoms with Gasteiger partial charge in [-0.1, -0.05) is 18.2 Å². The van der Waals surface area contributed by atoms with Gasteiger partial charge in [-0.05, 0) is 38.0 Å². The number of nitrogens with zero attached hydrogens (tertiary/aromatic N) is 2. The molecule has 2 heteroatoms. The van der Waals surface area contributed by atoms with Crippen LogP contribution in [0.25, 0.3) is 10.9 Å². The van der Waals surface area contributed by atoms with Gasteiger partial charge in [-0.15, -0.1) is 0 Å². The number of para-hydroxylation sites is 1. The van der Waals surface area contributed by atoms with Crippen LogP contribution in [0, 0.1) is 0 Å². The van der Waals surface area contributed by atoms with E-state index in [1.807, 2.05) is 0 Å². The van der Waals surface area contributed by atoms with Gasteiger partial charge < -0.3 is 9.47 Å². The number of rotatable bonds is 2. The van der Waals surface area contributed by atoms with E-state index in [1.54, 1.807) is 0 Å². The van der Waals surface area contributed by atoms with Crippen LogP contribution in [0.3, 0.4) is 0 Å². The highest BCUT2D eigenvalue weighted by molar-refractivity contribution is 5.80. The minimum Gasteiger partial charge on any atom is -0.343 e. The van der Waals surface area contributed by atoms with Crippen molar-refractivity contribution < 1.29 is 0 Å². The fourth-order valence-corrected chi connectivity index (χ4v) is 2.42. The standard InChI is InChI=1S/C13H16N2/c1-14(2)12-9-13(12)15-8-7-10-5-3-4-6-11(10)15/h3-8,12-13H,9H2,1-2H3. The summed E-state index contributed by atoms with van der Waals surface area (Å²) < 4.78 is 2.42. The maximum Gasteiger partial charge on any atom is 0.0508 e. The summed E-state index contributed by atoms with van der Waals surface area (Å²) in [6.07, 6.45) is 3.50. The minimum absolute atomic E-state index is 0.680. The number of likely N-dealkylation sites (N-methyl/N-ethyl adjacent to an activating group) is 1. The second-order valence-electron chi connectivity index (χ2n) is 4.62. The Morgan fingerprint density at radius 2 is 2.00 bits per heavy atom. The molecule has 78 valence electrons. The minimum atomic E-state index is 0.680. The molecule has 1 aromatic carbocycles. The highest BCUT2D eigenvalue weighted by atomic mass is 15.2. The van der Waals surface area contributed by atoms with Crippen LogP contribution >= 0.6 is 0 Å². The number of hydrogen-bond donors (Lipinski definition) is 0. The fraction of sp³-hybridized carbons (Fsp3) is 0.385. The van der Waals surface area contributed by atoms with Crippen LogP contribution in [-0.4, -0.2) is 29.6 Å². The average molecular weight is 200 g/mol. The van der Waals surface area contributed by atoms with Crippen LogP contribution in [-0.2, 0) is 0 Å². The van der Waals surface area contributed by atoms with E-state index in [1.165, 1.54) is 17.3 Å². The van der Waals surface area contributed by atoms with Crippen molar-refractivity contribution in [3.63, 3.8) is 0 Å². The third kappa shape index (κ3) is 1.37. The average Bonchev–Trinajstić information content (AvgIpc) is 2.92. The van der Waals surface area contributed by atoms with Gasteiger partial charge >= 0.3 is 0 Å². The van der Waals surface area contributed by atoms with Gasteiger partial charge in [-0.3, -0.25) is 0 Å². The molecular formula is C13H16N2. The zero-order valence-electron chi connectivity index (χ0n) is 9.22. The van der Waals surface area contributed by atoms with E-state index >= 15 is 0 Å². The molecular weight excluding hydrogens is 184 g/mol. The summed E-state index contributed by atoms with van der Waals surface area (Å²) in [6.45, 7) is 0. The Hall–Kier alpha value is -1.28. The largest absolute Gasteiger partial charge is 0.343 e. The Kier molecular flexibility index (Phi) is 1.86. The molecule has 3 rings (SSSR count). The molecule has 1 aliphatic rings. The zero-order chi connectivity index (χ0) is 10.4. The lowest BCUT2D eigenvalue weighted by Crippen LogP contribution is -2.17. The smallest absolute Gasteiger partial charge is 0.0508 e. The third-order valence-corrected chi connectivity index (χ3v) is 3.37. The fourth-order valence-electron chi connectivity index (χ4n) is 2.42. The van der Waals surface area contributed by atoms with Gasteiger partial charge in [0.05, 0.1) is 6.04 Å². The highest BCUT2D eigenvalue weighted by Crippen LogP contribution is 2.41. The van der Waals surface area contributed by atoms with Crippen LogP contribution < -0.4 is 0 Å². The van der Waals surface area contributed by atoms with Gasteiger partial charge in [-0.2, -0.15) is 0 Å². The molecule has 0 aliphatic heterocycles. The molecule has 1 heterocycles.